The molecule has 0 atom stereocenters. The first-order chi connectivity index (χ1) is 14.3. The molecule has 0 bridgehead atoms. The van der Waals surface area contributed by atoms with Crippen LogP contribution >= 0.6 is 0 Å². The van der Waals surface area contributed by atoms with Gasteiger partial charge in [0.25, 0.3) is 5.91 Å². The molecule has 2 aromatic heterocycles. The molecule has 0 spiro atoms. The van der Waals surface area contributed by atoms with Crippen LogP contribution in [0.3, 0.4) is 0 Å². The molecule has 1 aromatic carbocycles. The second-order valence-corrected chi connectivity index (χ2v) is 7.55. The molecular weight excluding hydrogens is 362 g/mol. The SMILES string of the molecule is O=C1NC(N2CCCCCC2)=N/C1=C\c1c[nH]c2ncc(-c3ccccc3)cc12. The number of pyridine rings is 1. The fraction of sp³-hybridized carbons (Fsp3) is 0.261. The van der Waals surface area contributed by atoms with E-state index in [0.29, 0.717) is 11.7 Å². The minimum Gasteiger partial charge on any atom is -0.346 e. The summed E-state index contributed by atoms with van der Waals surface area (Å²) in [5.41, 5.74) is 4.31. The van der Waals surface area contributed by atoms with Crippen molar-refractivity contribution in [1.82, 2.24) is 20.2 Å². The van der Waals surface area contributed by atoms with Crippen molar-refractivity contribution in [3.63, 3.8) is 0 Å². The Balaban J connectivity index is 1.49. The minimum absolute atomic E-state index is 0.147. The molecule has 0 saturated carbocycles. The highest BCUT2D eigenvalue weighted by Crippen LogP contribution is 2.26. The van der Waals surface area contributed by atoms with Gasteiger partial charge in [0.15, 0.2) is 0 Å². The number of benzene rings is 1. The summed E-state index contributed by atoms with van der Waals surface area (Å²) in [6.45, 7) is 1.90. The van der Waals surface area contributed by atoms with Crippen LogP contribution in [0.15, 0.2) is 59.5 Å². The topological polar surface area (TPSA) is 73.4 Å². The Morgan fingerprint density at radius 3 is 2.59 bits per heavy atom. The van der Waals surface area contributed by atoms with Crippen LogP contribution in [-0.4, -0.2) is 39.8 Å². The molecule has 3 aromatic rings. The number of fused-ring (bicyclic) bond motifs is 1. The van der Waals surface area contributed by atoms with Crippen molar-refractivity contribution in [3.05, 3.63) is 60.1 Å². The number of carbonyl (C=O) groups excluding carboxylic acids is 1. The number of hydrogen-bond donors (Lipinski definition) is 2. The van der Waals surface area contributed by atoms with Crippen molar-refractivity contribution in [2.75, 3.05) is 13.1 Å². The van der Waals surface area contributed by atoms with Crippen molar-refractivity contribution in [2.45, 2.75) is 25.7 Å². The van der Waals surface area contributed by atoms with Crippen LogP contribution in [0, 0.1) is 0 Å². The number of nitrogens with zero attached hydrogens (tertiary/aromatic N) is 3. The van der Waals surface area contributed by atoms with Crippen LogP contribution in [0.25, 0.3) is 28.2 Å². The predicted molar refractivity (Wildman–Crippen MR) is 115 cm³/mol. The molecule has 2 aliphatic rings. The molecule has 6 heteroatoms. The largest absolute Gasteiger partial charge is 0.346 e. The molecule has 2 aliphatic heterocycles. The normalized spacial score (nSPS) is 18.8. The second-order valence-electron chi connectivity index (χ2n) is 7.55. The number of aliphatic imine (C=N–C) groups is 1. The zero-order valence-corrected chi connectivity index (χ0v) is 16.2. The van der Waals surface area contributed by atoms with E-state index in [1.54, 1.807) is 0 Å². The first kappa shape index (κ1) is 17.7. The van der Waals surface area contributed by atoms with Crippen LogP contribution in [0.1, 0.15) is 31.2 Å². The number of guanidine groups is 1. The Bertz CT molecular complexity index is 1100. The molecule has 4 heterocycles. The molecule has 5 rings (SSSR count). The molecular formula is C23H23N5O. The van der Waals surface area contributed by atoms with E-state index in [2.05, 4.69) is 43.4 Å². The van der Waals surface area contributed by atoms with Gasteiger partial charge in [0.05, 0.1) is 0 Å². The van der Waals surface area contributed by atoms with Crippen molar-refractivity contribution in [3.8, 4) is 11.1 Å². The van der Waals surface area contributed by atoms with Crippen molar-refractivity contribution >= 4 is 29.0 Å². The van der Waals surface area contributed by atoms with E-state index < -0.39 is 0 Å². The van der Waals surface area contributed by atoms with Gasteiger partial charge < -0.3 is 9.88 Å². The number of nitrogens with one attached hydrogen (secondary N) is 2. The van der Waals surface area contributed by atoms with Gasteiger partial charge in [-0.2, -0.15) is 0 Å². The van der Waals surface area contributed by atoms with Gasteiger partial charge in [-0.3, -0.25) is 10.1 Å². The minimum atomic E-state index is -0.147. The van der Waals surface area contributed by atoms with Gasteiger partial charge in [-0.25, -0.2) is 9.98 Å². The lowest BCUT2D eigenvalue weighted by Gasteiger charge is -2.20. The number of H-pyrrole nitrogens is 1. The molecule has 0 radical (unpaired) electrons. The Morgan fingerprint density at radius 1 is 1.00 bits per heavy atom. The third-order valence-corrected chi connectivity index (χ3v) is 5.55. The van der Waals surface area contributed by atoms with E-state index in [0.717, 1.165) is 53.7 Å². The summed E-state index contributed by atoms with van der Waals surface area (Å²) in [6.07, 6.45) is 10.4. The molecule has 29 heavy (non-hydrogen) atoms. The lowest BCUT2D eigenvalue weighted by Crippen LogP contribution is -2.40. The molecule has 1 amide bonds. The van der Waals surface area contributed by atoms with Gasteiger partial charge in [-0.1, -0.05) is 43.2 Å². The summed E-state index contributed by atoms with van der Waals surface area (Å²) >= 11 is 0. The van der Waals surface area contributed by atoms with Gasteiger partial charge in [-0.05, 0) is 30.5 Å². The monoisotopic (exact) mass is 385 g/mol. The lowest BCUT2D eigenvalue weighted by atomic mass is 10.1. The zero-order valence-electron chi connectivity index (χ0n) is 16.2. The molecule has 0 unspecified atom stereocenters. The Morgan fingerprint density at radius 2 is 1.79 bits per heavy atom. The number of rotatable bonds is 2. The van der Waals surface area contributed by atoms with Crippen molar-refractivity contribution in [1.29, 1.82) is 0 Å². The smallest absolute Gasteiger partial charge is 0.276 e. The van der Waals surface area contributed by atoms with E-state index in [9.17, 15) is 4.79 Å². The van der Waals surface area contributed by atoms with Crippen molar-refractivity contribution < 1.29 is 4.79 Å². The second kappa shape index (κ2) is 7.54. The number of aromatic nitrogens is 2. The average molecular weight is 385 g/mol. The summed E-state index contributed by atoms with van der Waals surface area (Å²) < 4.78 is 0. The fourth-order valence-corrected chi connectivity index (χ4v) is 3.97. The molecule has 2 N–H and O–H groups in total. The molecule has 1 fully saturated rings. The summed E-state index contributed by atoms with van der Waals surface area (Å²) in [5.74, 6) is 0.539. The van der Waals surface area contributed by atoms with Gasteiger partial charge in [0.1, 0.15) is 11.3 Å². The predicted octanol–water partition coefficient (Wildman–Crippen LogP) is 3.93. The van der Waals surface area contributed by atoms with E-state index >= 15 is 0 Å². The highest BCUT2D eigenvalue weighted by Gasteiger charge is 2.25. The summed E-state index contributed by atoms with van der Waals surface area (Å²) in [5, 5.41) is 3.92. The quantitative estimate of drug-likeness (QED) is 0.657. The van der Waals surface area contributed by atoms with E-state index in [1.807, 2.05) is 36.7 Å². The Hall–Kier alpha value is -3.41. The first-order valence-corrected chi connectivity index (χ1v) is 10.2. The van der Waals surface area contributed by atoms with Gasteiger partial charge in [-0.15, -0.1) is 0 Å². The van der Waals surface area contributed by atoms with Crippen LogP contribution in [0.5, 0.6) is 0 Å². The number of carbonyl (C=O) groups is 1. The summed E-state index contributed by atoms with van der Waals surface area (Å²) in [7, 11) is 0. The zero-order chi connectivity index (χ0) is 19.6. The maximum atomic E-state index is 12.5. The molecule has 1 saturated heterocycles. The number of amides is 1. The Kier molecular flexibility index (Phi) is 4.60. The summed E-state index contributed by atoms with van der Waals surface area (Å²) in [4.78, 5) is 27.0. The highest BCUT2D eigenvalue weighted by molar-refractivity contribution is 6.14. The van der Waals surface area contributed by atoms with Crippen LogP contribution in [0.4, 0.5) is 0 Å². The van der Waals surface area contributed by atoms with Gasteiger partial charge in [0.2, 0.25) is 5.96 Å². The van der Waals surface area contributed by atoms with Gasteiger partial charge in [0, 0.05) is 42.0 Å². The summed E-state index contributed by atoms with van der Waals surface area (Å²) in [6, 6.07) is 12.3. The number of likely N-dealkylation sites (tertiary alicyclic amines) is 1. The fourth-order valence-electron chi connectivity index (χ4n) is 3.97. The van der Waals surface area contributed by atoms with Crippen LogP contribution < -0.4 is 5.32 Å². The molecule has 6 nitrogen and oxygen atoms in total. The maximum Gasteiger partial charge on any atom is 0.276 e. The van der Waals surface area contributed by atoms with E-state index in [4.69, 9.17) is 0 Å². The van der Waals surface area contributed by atoms with E-state index in [-0.39, 0.29) is 5.91 Å². The van der Waals surface area contributed by atoms with Crippen LogP contribution in [-0.2, 0) is 4.79 Å². The lowest BCUT2D eigenvalue weighted by molar-refractivity contribution is -0.115. The number of hydrogen-bond acceptors (Lipinski definition) is 4. The van der Waals surface area contributed by atoms with Crippen LogP contribution in [0.2, 0.25) is 0 Å². The third-order valence-electron chi connectivity index (χ3n) is 5.55. The third kappa shape index (κ3) is 3.53. The highest BCUT2D eigenvalue weighted by atomic mass is 16.2. The first-order valence-electron chi connectivity index (χ1n) is 10.2. The molecule has 146 valence electrons. The van der Waals surface area contributed by atoms with Crippen molar-refractivity contribution in [2.24, 2.45) is 4.99 Å². The Labute approximate surface area is 169 Å². The van der Waals surface area contributed by atoms with E-state index in [1.165, 1.54) is 12.8 Å². The van der Waals surface area contributed by atoms with Gasteiger partial charge >= 0.3 is 0 Å². The maximum absolute atomic E-state index is 12.5. The molecule has 0 aliphatic carbocycles. The number of aromatic amines is 1. The standard InChI is InChI=1S/C23H23N5O/c29-22-20(26-23(27-22)28-10-6-1-2-7-11-28)13-18-15-25-21-19(18)12-17(14-24-21)16-8-4-3-5-9-16/h3-5,8-9,12-15H,1-2,6-7,10-11H2,(H,24,25)(H,26,27,29)/b20-13-. The average Bonchev–Trinajstić information content (AvgIpc) is 3.20.